The zero-order chi connectivity index (χ0) is 19.1. The third kappa shape index (κ3) is 5.24. The van der Waals surface area contributed by atoms with Crippen LogP contribution in [0.5, 0.6) is 11.5 Å². The molecule has 3 N–H and O–H groups in total. The van der Waals surface area contributed by atoms with Crippen LogP contribution in [0.15, 0.2) is 41.5 Å². The van der Waals surface area contributed by atoms with Crippen LogP contribution in [-0.4, -0.2) is 19.4 Å². The molecule has 26 heavy (non-hydrogen) atoms. The van der Waals surface area contributed by atoms with Crippen LogP contribution < -0.4 is 20.6 Å². The summed E-state index contributed by atoms with van der Waals surface area (Å²) in [7, 11) is 1.62. The predicted octanol–water partition coefficient (Wildman–Crippen LogP) is 3.71. The normalized spacial score (nSPS) is 11.0. The Morgan fingerprint density at radius 2 is 2.00 bits per heavy atom. The third-order valence-electron chi connectivity index (χ3n) is 3.87. The minimum absolute atomic E-state index is 0.358. The fraction of sp³-hybridized carbons (Fsp3) is 0.300. The molecule has 2 aromatic carbocycles. The summed E-state index contributed by atoms with van der Waals surface area (Å²) in [5.41, 5.74) is 11.2. The van der Waals surface area contributed by atoms with E-state index in [0.29, 0.717) is 12.5 Å². The first-order valence-electron chi connectivity index (χ1n) is 8.39. The number of carbonyl (C=O) groups is 1. The van der Waals surface area contributed by atoms with Gasteiger partial charge in [0.15, 0.2) is 0 Å². The molecule has 0 aliphatic carbocycles. The number of benzene rings is 2. The van der Waals surface area contributed by atoms with E-state index in [4.69, 9.17) is 15.2 Å². The lowest BCUT2D eigenvalue weighted by molar-refractivity contribution is 0.249. The largest absolute Gasteiger partial charge is 0.496 e. The van der Waals surface area contributed by atoms with Crippen molar-refractivity contribution in [1.29, 1.82) is 0 Å². The van der Waals surface area contributed by atoms with Crippen molar-refractivity contribution in [3.63, 3.8) is 0 Å². The molecule has 6 heteroatoms. The lowest BCUT2D eigenvalue weighted by Crippen LogP contribution is -2.24. The summed E-state index contributed by atoms with van der Waals surface area (Å²) in [4.78, 5) is 10.7. The number of hydrogen-bond donors (Lipinski definition) is 2. The maximum atomic E-state index is 10.7. The highest BCUT2D eigenvalue weighted by Crippen LogP contribution is 2.29. The summed E-state index contributed by atoms with van der Waals surface area (Å²) >= 11 is 0. The van der Waals surface area contributed by atoms with E-state index in [1.807, 2.05) is 31.2 Å². The first-order chi connectivity index (χ1) is 12.4. The average molecular weight is 355 g/mol. The maximum absolute atomic E-state index is 10.7. The number of nitrogens with two attached hydrogens (primary N) is 1. The molecule has 0 spiro atoms. The van der Waals surface area contributed by atoms with Gasteiger partial charge >= 0.3 is 6.03 Å². The zero-order valence-electron chi connectivity index (χ0n) is 15.6. The number of aryl methyl sites for hydroxylation is 1. The number of ether oxygens (including phenoxy) is 2. The molecule has 138 valence electrons. The lowest BCUT2D eigenvalue weighted by Gasteiger charge is -2.16. The van der Waals surface area contributed by atoms with Crippen LogP contribution in [0.25, 0.3) is 0 Å². The van der Waals surface area contributed by atoms with Crippen molar-refractivity contribution in [2.24, 2.45) is 10.8 Å². The molecule has 2 amide bonds. The molecule has 0 heterocycles. The molecule has 0 saturated carbocycles. The van der Waals surface area contributed by atoms with Gasteiger partial charge in [-0.3, -0.25) is 0 Å². The number of primary amides is 1. The van der Waals surface area contributed by atoms with E-state index in [0.717, 1.165) is 33.8 Å². The molecule has 2 aromatic rings. The first kappa shape index (κ1) is 19.3. The van der Waals surface area contributed by atoms with Crippen LogP contribution in [0.3, 0.4) is 0 Å². The highest BCUT2D eigenvalue weighted by atomic mass is 16.5. The number of rotatable bonds is 7. The fourth-order valence-electron chi connectivity index (χ4n) is 2.56. The molecule has 0 saturated heterocycles. The van der Waals surface area contributed by atoms with Gasteiger partial charge in [0, 0.05) is 5.56 Å². The molecule has 0 aliphatic rings. The van der Waals surface area contributed by atoms with Gasteiger partial charge in [-0.25, -0.2) is 10.2 Å². The smallest absolute Gasteiger partial charge is 0.332 e. The molecule has 2 rings (SSSR count). The van der Waals surface area contributed by atoms with E-state index in [2.05, 4.69) is 36.5 Å². The molecule has 0 aliphatic heterocycles. The van der Waals surface area contributed by atoms with Crippen molar-refractivity contribution >= 4 is 12.2 Å². The molecular weight excluding hydrogens is 330 g/mol. The Kier molecular flexibility index (Phi) is 6.60. The van der Waals surface area contributed by atoms with Gasteiger partial charge in [0.2, 0.25) is 0 Å². The Bertz CT molecular complexity index is 801. The SMILES string of the molecule is COc1ccc(C=NNC(N)=O)cc1COc1cc(C)ccc1C(C)C. The Morgan fingerprint density at radius 3 is 2.65 bits per heavy atom. The quantitative estimate of drug-likeness (QED) is 0.586. The average Bonchev–Trinajstić information content (AvgIpc) is 2.59. The summed E-state index contributed by atoms with van der Waals surface area (Å²) < 4.78 is 11.5. The van der Waals surface area contributed by atoms with E-state index >= 15 is 0 Å². The van der Waals surface area contributed by atoms with Gasteiger partial charge in [-0.15, -0.1) is 0 Å². The van der Waals surface area contributed by atoms with Crippen molar-refractivity contribution in [3.05, 3.63) is 58.7 Å². The van der Waals surface area contributed by atoms with Gasteiger partial charge in [0.25, 0.3) is 0 Å². The second-order valence-corrected chi connectivity index (χ2v) is 6.29. The van der Waals surface area contributed by atoms with Crippen LogP contribution in [0.2, 0.25) is 0 Å². The summed E-state index contributed by atoms with van der Waals surface area (Å²) in [5.74, 6) is 1.96. The molecule has 0 bridgehead atoms. The van der Waals surface area contributed by atoms with Gasteiger partial charge in [0.05, 0.1) is 13.3 Å². The molecule has 6 nitrogen and oxygen atoms in total. The van der Waals surface area contributed by atoms with Gasteiger partial charge in [-0.1, -0.05) is 26.0 Å². The van der Waals surface area contributed by atoms with Crippen molar-refractivity contribution in [3.8, 4) is 11.5 Å². The van der Waals surface area contributed by atoms with E-state index in [1.54, 1.807) is 7.11 Å². The Labute approximate surface area is 154 Å². The van der Waals surface area contributed by atoms with E-state index in [1.165, 1.54) is 6.21 Å². The first-order valence-corrected chi connectivity index (χ1v) is 8.39. The van der Waals surface area contributed by atoms with Gasteiger partial charge < -0.3 is 15.2 Å². The lowest BCUT2D eigenvalue weighted by atomic mass is 10.0. The van der Waals surface area contributed by atoms with Crippen LogP contribution >= 0.6 is 0 Å². The number of urea groups is 1. The third-order valence-corrected chi connectivity index (χ3v) is 3.87. The fourth-order valence-corrected chi connectivity index (χ4v) is 2.56. The van der Waals surface area contributed by atoms with E-state index in [-0.39, 0.29) is 0 Å². The topological polar surface area (TPSA) is 85.9 Å². The number of carbonyl (C=O) groups excluding carboxylic acids is 1. The minimum Gasteiger partial charge on any atom is -0.496 e. The number of nitrogens with one attached hydrogen (secondary N) is 1. The minimum atomic E-state index is -0.709. The number of nitrogens with zero attached hydrogens (tertiary/aromatic N) is 1. The molecule has 0 unspecified atom stereocenters. The summed E-state index contributed by atoms with van der Waals surface area (Å²) in [6.45, 7) is 6.68. The van der Waals surface area contributed by atoms with Crippen LogP contribution in [0.1, 0.15) is 42.0 Å². The molecule has 0 radical (unpaired) electrons. The highest BCUT2D eigenvalue weighted by molar-refractivity contribution is 5.82. The van der Waals surface area contributed by atoms with Crippen molar-refractivity contribution in [2.45, 2.75) is 33.3 Å². The van der Waals surface area contributed by atoms with Crippen LogP contribution in [-0.2, 0) is 6.61 Å². The second kappa shape index (κ2) is 8.89. The van der Waals surface area contributed by atoms with Crippen molar-refractivity contribution < 1.29 is 14.3 Å². The molecule has 0 aromatic heterocycles. The zero-order valence-corrected chi connectivity index (χ0v) is 15.6. The monoisotopic (exact) mass is 355 g/mol. The Hall–Kier alpha value is -3.02. The standard InChI is InChI=1S/C20H25N3O3/c1-13(2)17-7-5-14(3)9-19(17)26-12-16-10-15(6-8-18(16)25-4)11-22-23-20(21)24/h5-11,13H,12H2,1-4H3,(H3,21,23,24). The van der Waals surface area contributed by atoms with E-state index < -0.39 is 6.03 Å². The number of amides is 2. The number of methoxy groups -OCH3 is 1. The Balaban J connectivity index is 2.22. The van der Waals surface area contributed by atoms with Gasteiger partial charge in [0.1, 0.15) is 18.1 Å². The van der Waals surface area contributed by atoms with Gasteiger partial charge in [-0.05, 0) is 53.8 Å². The Morgan fingerprint density at radius 1 is 1.23 bits per heavy atom. The summed E-state index contributed by atoms with van der Waals surface area (Å²) in [5, 5.41) is 3.77. The van der Waals surface area contributed by atoms with Crippen LogP contribution in [0, 0.1) is 6.92 Å². The highest BCUT2D eigenvalue weighted by Gasteiger charge is 2.10. The van der Waals surface area contributed by atoms with Crippen molar-refractivity contribution in [1.82, 2.24) is 5.43 Å². The molecule has 0 fully saturated rings. The van der Waals surface area contributed by atoms with Crippen molar-refractivity contribution in [2.75, 3.05) is 7.11 Å². The van der Waals surface area contributed by atoms with Crippen LogP contribution in [0.4, 0.5) is 4.79 Å². The molecular formula is C20H25N3O3. The number of hydrazone groups is 1. The maximum Gasteiger partial charge on any atom is 0.332 e. The second-order valence-electron chi connectivity index (χ2n) is 6.29. The number of hydrogen-bond acceptors (Lipinski definition) is 4. The van der Waals surface area contributed by atoms with Gasteiger partial charge in [-0.2, -0.15) is 5.10 Å². The van der Waals surface area contributed by atoms with E-state index in [9.17, 15) is 4.79 Å². The predicted molar refractivity (Wildman–Crippen MR) is 103 cm³/mol. The molecule has 0 atom stereocenters. The summed E-state index contributed by atoms with van der Waals surface area (Å²) in [6, 6.07) is 11.1. The summed E-state index contributed by atoms with van der Waals surface area (Å²) in [6.07, 6.45) is 1.51.